The lowest BCUT2D eigenvalue weighted by molar-refractivity contribution is -0.122. The van der Waals surface area contributed by atoms with Gasteiger partial charge in [0.2, 0.25) is 11.8 Å². The summed E-state index contributed by atoms with van der Waals surface area (Å²) in [7, 11) is 0. The van der Waals surface area contributed by atoms with Gasteiger partial charge in [0.15, 0.2) is 0 Å². The molecule has 5 nitrogen and oxygen atoms in total. The fraction of sp³-hybridized carbons (Fsp3) is 0.800. The van der Waals surface area contributed by atoms with Gasteiger partial charge in [-0.3, -0.25) is 9.59 Å². The second kappa shape index (κ2) is 8.23. The standard InChI is InChI=1S/C10H21N3O2/c1-8(7-11)3-4-10(15)13-6-5-12-9(2)14/h8H,3-7,11H2,1-2H3,(H,12,14)(H,13,15). The van der Waals surface area contributed by atoms with Crippen LogP contribution in [0.25, 0.3) is 0 Å². The molecule has 0 aliphatic carbocycles. The van der Waals surface area contributed by atoms with Crippen molar-refractivity contribution in [3.05, 3.63) is 0 Å². The average molecular weight is 215 g/mol. The zero-order chi connectivity index (χ0) is 11.7. The number of carbonyl (C=O) groups is 2. The van der Waals surface area contributed by atoms with Crippen LogP contribution in [0.15, 0.2) is 0 Å². The van der Waals surface area contributed by atoms with E-state index in [1.54, 1.807) is 0 Å². The molecule has 4 N–H and O–H groups in total. The van der Waals surface area contributed by atoms with E-state index in [9.17, 15) is 9.59 Å². The Labute approximate surface area is 90.8 Å². The Balaban J connectivity index is 3.37. The highest BCUT2D eigenvalue weighted by atomic mass is 16.2. The van der Waals surface area contributed by atoms with Crippen LogP contribution in [0.2, 0.25) is 0 Å². The highest BCUT2D eigenvalue weighted by Crippen LogP contribution is 2.02. The molecule has 1 atom stereocenters. The van der Waals surface area contributed by atoms with Crippen molar-refractivity contribution < 1.29 is 9.59 Å². The minimum Gasteiger partial charge on any atom is -0.355 e. The molecule has 0 aromatic heterocycles. The van der Waals surface area contributed by atoms with Crippen molar-refractivity contribution in [3.63, 3.8) is 0 Å². The van der Waals surface area contributed by atoms with Crippen molar-refractivity contribution in [2.75, 3.05) is 19.6 Å². The lowest BCUT2D eigenvalue weighted by Gasteiger charge is -2.08. The van der Waals surface area contributed by atoms with Crippen LogP contribution < -0.4 is 16.4 Å². The summed E-state index contributed by atoms with van der Waals surface area (Å²) in [6.07, 6.45) is 1.31. The number of nitrogens with one attached hydrogen (secondary N) is 2. The Morgan fingerprint density at radius 2 is 1.87 bits per heavy atom. The Morgan fingerprint density at radius 1 is 1.27 bits per heavy atom. The molecule has 0 radical (unpaired) electrons. The minimum atomic E-state index is -0.0824. The number of amides is 2. The van der Waals surface area contributed by atoms with E-state index in [-0.39, 0.29) is 11.8 Å². The highest BCUT2D eigenvalue weighted by molar-refractivity contribution is 5.76. The molecule has 0 aromatic rings. The first-order valence-electron chi connectivity index (χ1n) is 5.27. The first kappa shape index (κ1) is 13.9. The molecule has 0 saturated carbocycles. The molecule has 15 heavy (non-hydrogen) atoms. The molecule has 2 amide bonds. The van der Waals surface area contributed by atoms with Crippen LogP contribution in [0.1, 0.15) is 26.7 Å². The van der Waals surface area contributed by atoms with Crippen LogP contribution in [-0.4, -0.2) is 31.4 Å². The van der Waals surface area contributed by atoms with Crippen LogP contribution in [0.3, 0.4) is 0 Å². The van der Waals surface area contributed by atoms with Gasteiger partial charge in [-0.2, -0.15) is 0 Å². The average Bonchev–Trinajstić information content (AvgIpc) is 2.20. The van der Waals surface area contributed by atoms with Crippen molar-refractivity contribution in [1.29, 1.82) is 0 Å². The summed E-state index contributed by atoms with van der Waals surface area (Å²) in [4.78, 5) is 21.7. The third-order valence-electron chi connectivity index (χ3n) is 2.09. The fourth-order valence-corrected chi connectivity index (χ4v) is 1.02. The van der Waals surface area contributed by atoms with E-state index in [1.807, 2.05) is 6.92 Å². The molecule has 88 valence electrons. The fourth-order valence-electron chi connectivity index (χ4n) is 1.02. The number of hydrogen-bond acceptors (Lipinski definition) is 3. The third kappa shape index (κ3) is 9.21. The number of rotatable bonds is 7. The summed E-state index contributed by atoms with van der Waals surface area (Å²) in [5.74, 6) is 0.313. The van der Waals surface area contributed by atoms with Gasteiger partial charge in [0, 0.05) is 26.4 Å². The van der Waals surface area contributed by atoms with E-state index in [2.05, 4.69) is 10.6 Å². The topological polar surface area (TPSA) is 84.2 Å². The quantitative estimate of drug-likeness (QED) is 0.506. The first-order chi connectivity index (χ1) is 7.06. The van der Waals surface area contributed by atoms with E-state index in [1.165, 1.54) is 6.92 Å². The van der Waals surface area contributed by atoms with Gasteiger partial charge in [0.25, 0.3) is 0 Å². The molecule has 0 saturated heterocycles. The Bertz CT molecular complexity index is 207. The number of carbonyl (C=O) groups excluding carboxylic acids is 2. The van der Waals surface area contributed by atoms with Crippen molar-refractivity contribution >= 4 is 11.8 Å². The molecule has 1 unspecified atom stereocenters. The van der Waals surface area contributed by atoms with Gasteiger partial charge in [0.1, 0.15) is 0 Å². The first-order valence-corrected chi connectivity index (χ1v) is 5.27. The van der Waals surface area contributed by atoms with E-state index >= 15 is 0 Å². The molecule has 0 bridgehead atoms. The molecule has 0 spiro atoms. The SMILES string of the molecule is CC(=O)NCCNC(=O)CCC(C)CN. The summed E-state index contributed by atoms with van der Waals surface area (Å²) in [6.45, 7) is 5.04. The van der Waals surface area contributed by atoms with Crippen LogP contribution in [0.5, 0.6) is 0 Å². The van der Waals surface area contributed by atoms with Gasteiger partial charge >= 0.3 is 0 Å². The molecule has 0 aliphatic heterocycles. The van der Waals surface area contributed by atoms with Crippen molar-refractivity contribution in [2.45, 2.75) is 26.7 Å². The largest absolute Gasteiger partial charge is 0.355 e. The Hall–Kier alpha value is -1.10. The lowest BCUT2D eigenvalue weighted by Crippen LogP contribution is -2.33. The van der Waals surface area contributed by atoms with Gasteiger partial charge in [-0.15, -0.1) is 0 Å². The maximum atomic E-state index is 11.2. The summed E-state index contributed by atoms with van der Waals surface area (Å²) < 4.78 is 0. The Kier molecular flexibility index (Phi) is 7.62. The van der Waals surface area contributed by atoms with Crippen molar-refractivity contribution in [1.82, 2.24) is 10.6 Å². The molecule has 0 rings (SSSR count). The van der Waals surface area contributed by atoms with Gasteiger partial charge < -0.3 is 16.4 Å². The van der Waals surface area contributed by atoms with Gasteiger partial charge in [-0.25, -0.2) is 0 Å². The third-order valence-corrected chi connectivity index (χ3v) is 2.09. The van der Waals surface area contributed by atoms with Gasteiger partial charge in [-0.1, -0.05) is 6.92 Å². The van der Waals surface area contributed by atoms with Crippen LogP contribution in [0.4, 0.5) is 0 Å². The molecular formula is C10H21N3O2. The molecular weight excluding hydrogens is 194 g/mol. The maximum absolute atomic E-state index is 11.2. The van der Waals surface area contributed by atoms with E-state index in [0.717, 1.165) is 6.42 Å². The molecule has 0 aromatic carbocycles. The molecule has 0 aliphatic rings. The van der Waals surface area contributed by atoms with Crippen LogP contribution in [-0.2, 0) is 9.59 Å². The molecule has 5 heteroatoms. The van der Waals surface area contributed by atoms with E-state index in [4.69, 9.17) is 5.73 Å². The maximum Gasteiger partial charge on any atom is 0.220 e. The van der Waals surface area contributed by atoms with Crippen LogP contribution in [0, 0.1) is 5.92 Å². The number of hydrogen-bond donors (Lipinski definition) is 3. The lowest BCUT2D eigenvalue weighted by atomic mass is 10.1. The van der Waals surface area contributed by atoms with Crippen LogP contribution >= 0.6 is 0 Å². The van der Waals surface area contributed by atoms with Gasteiger partial charge in [0.05, 0.1) is 0 Å². The minimum absolute atomic E-state index is 0.0145. The Morgan fingerprint density at radius 3 is 2.40 bits per heavy atom. The molecule has 0 heterocycles. The smallest absolute Gasteiger partial charge is 0.220 e. The zero-order valence-corrected chi connectivity index (χ0v) is 9.51. The summed E-state index contributed by atoms with van der Waals surface area (Å²) >= 11 is 0. The summed E-state index contributed by atoms with van der Waals surface area (Å²) in [5, 5.41) is 5.33. The molecule has 0 fully saturated rings. The second-order valence-corrected chi connectivity index (χ2v) is 3.71. The predicted octanol–water partition coefficient (Wildman–Crippen LogP) is -0.386. The monoisotopic (exact) mass is 215 g/mol. The van der Waals surface area contributed by atoms with Gasteiger partial charge in [-0.05, 0) is 18.9 Å². The van der Waals surface area contributed by atoms with E-state index < -0.39 is 0 Å². The summed E-state index contributed by atoms with van der Waals surface area (Å²) in [6, 6.07) is 0. The normalized spacial score (nSPS) is 11.9. The zero-order valence-electron chi connectivity index (χ0n) is 9.51. The highest BCUT2D eigenvalue weighted by Gasteiger charge is 2.04. The van der Waals surface area contributed by atoms with Crippen molar-refractivity contribution in [2.24, 2.45) is 11.7 Å². The van der Waals surface area contributed by atoms with Crippen molar-refractivity contribution in [3.8, 4) is 0 Å². The summed E-state index contributed by atoms with van der Waals surface area (Å²) in [5.41, 5.74) is 5.43. The number of nitrogens with two attached hydrogens (primary N) is 1. The second-order valence-electron chi connectivity index (χ2n) is 3.71. The predicted molar refractivity (Wildman–Crippen MR) is 59.1 cm³/mol. The van der Waals surface area contributed by atoms with E-state index in [0.29, 0.717) is 32.0 Å².